The summed E-state index contributed by atoms with van der Waals surface area (Å²) < 4.78 is 9.15. The van der Waals surface area contributed by atoms with Gasteiger partial charge in [0.25, 0.3) is 0 Å². The summed E-state index contributed by atoms with van der Waals surface area (Å²) in [7, 11) is 1.71. The van der Waals surface area contributed by atoms with Gasteiger partial charge < -0.3 is 19.7 Å². The van der Waals surface area contributed by atoms with Gasteiger partial charge in [-0.15, -0.1) is 0 Å². The second-order valence-electron chi connectivity index (χ2n) is 8.17. The third-order valence-electron chi connectivity index (χ3n) is 5.77. The highest BCUT2D eigenvalue weighted by atomic mass is 16.5. The van der Waals surface area contributed by atoms with Crippen LogP contribution in [0.2, 0.25) is 0 Å². The van der Waals surface area contributed by atoms with Gasteiger partial charge in [-0.05, 0) is 31.2 Å². The Kier molecular flexibility index (Phi) is 5.60. The van der Waals surface area contributed by atoms with Gasteiger partial charge in [-0.25, -0.2) is 9.67 Å². The number of hydrogen-bond donors (Lipinski definition) is 2. The molecular formula is C23H27N7O2. The van der Waals surface area contributed by atoms with Crippen molar-refractivity contribution in [3.8, 4) is 5.82 Å². The van der Waals surface area contributed by atoms with Gasteiger partial charge in [0.05, 0.1) is 18.4 Å². The smallest absolute Gasteiger partial charge is 0.229 e. The predicted octanol–water partition coefficient (Wildman–Crippen LogP) is 2.49. The Balaban J connectivity index is 1.32. The summed E-state index contributed by atoms with van der Waals surface area (Å²) in [5.74, 6) is 1.22. The first-order chi connectivity index (χ1) is 15.6. The Morgan fingerprint density at radius 2 is 2.09 bits per heavy atom. The van der Waals surface area contributed by atoms with Crippen LogP contribution in [0.5, 0.6) is 0 Å². The van der Waals surface area contributed by atoms with Crippen LogP contribution in [0.4, 0.5) is 11.6 Å². The highest BCUT2D eigenvalue weighted by molar-refractivity contribution is 5.84. The Bertz CT molecular complexity index is 1230. The molecule has 2 N–H and O–H groups in total. The molecule has 3 aromatic heterocycles. The lowest BCUT2D eigenvalue weighted by atomic mass is 10.1. The second-order valence-corrected chi connectivity index (χ2v) is 8.17. The Morgan fingerprint density at radius 3 is 2.91 bits per heavy atom. The Morgan fingerprint density at radius 1 is 1.22 bits per heavy atom. The SMILES string of the molecule is COCCn1ccc2cc(Nc3nccc(-n4cc(CN5CC(O)C5)c(C)n4)n3)ccc21. The van der Waals surface area contributed by atoms with Crippen molar-refractivity contribution in [2.45, 2.75) is 26.1 Å². The third-order valence-corrected chi connectivity index (χ3v) is 5.77. The van der Waals surface area contributed by atoms with Gasteiger partial charge in [0.15, 0.2) is 5.82 Å². The molecule has 0 spiro atoms. The molecule has 1 saturated heterocycles. The number of aromatic nitrogens is 5. The normalized spacial score (nSPS) is 14.7. The topological polar surface area (TPSA) is 93.3 Å². The van der Waals surface area contributed by atoms with E-state index in [1.807, 2.05) is 25.3 Å². The maximum Gasteiger partial charge on any atom is 0.229 e. The fourth-order valence-electron chi connectivity index (χ4n) is 4.01. The van der Waals surface area contributed by atoms with Gasteiger partial charge in [-0.2, -0.15) is 10.1 Å². The van der Waals surface area contributed by atoms with Crippen LogP contribution in [0, 0.1) is 6.92 Å². The molecule has 166 valence electrons. The molecule has 4 heterocycles. The summed E-state index contributed by atoms with van der Waals surface area (Å²) in [6, 6.07) is 10.1. The zero-order valence-electron chi connectivity index (χ0n) is 18.3. The highest BCUT2D eigenvalue weighted by Gasteiger charge is 2.25. The van der Waals surface area contributed by atoms with Crippen molar-refractivity contribution in [1.82, 2.24) is 29.2 Å². The zero-order chi connectivity index (χ0) is 22.1. The molecule has 1 aromatic carbocycles. The number of hydrogen-bond acceptors (Lipinski definition) is 7. The maximum absolute atomic E-state index is 9.50. The van der Waals surface area contributed by atoms with E-state index in [9.17, 15) is 5.11 Å². The summed E-state index contributed by atoms with van der Waals surface area (Å²) in [5.41, 5.74) is 4.18. The van der Waals surface area contributed by atoms with Crippen molar-refractivity contribution in [2.75, 3.05) is 32.1 Å². The number of anilines is 2. The molecule has 4 aromatic rings. The van der Waals surface area contributed by atoms with Gasteiger partial charge >= 0.3 is 0 Å². The molecule has 0 radical (unpaired) electrons. The van der Waals surface area contributed by atoms with Gasteiger partial charge in [0.1, 0.15) is 0 Å². The van der Waals surface area contributed by atoms with Crippen molar-refractivity contribution in [2.24, 2.45) is 0 Å². The standard InChI is InChI=1S/C23H27N7O2/c1-16-18(12-28-14-20(31)15-28)13-30(27-16)22-5-7-24-23(26-22)25-19-3-4-21-17(11-19)6-8-29(21)9-10-32-2/h3-8,11,13,20,31H,9-10,12,14-15H2,1-2H3,(H,24,25,26). The molecule has 1 aliphatic rings. The van der Waals surface area contributed by atoms with Crippen molar-refractivity contribution >= 4 is 22.5 Å². The van der Waals surface area contributed by atoms with Gasteiger partial charge in [-0.1, -0.05) is 0 Å². The summed E-state index contributed by atoms with van der Waals surface area (Å²) >= 11 is 0. The van der Waals surface area contributed by atoms with E-state index in [1.165, 1.54) is 0 Å². The lowest BCUT2D eigenvalue weighted by Gasteiger charge is -2.35. The number of methoxy groups -OCH3 is 1. The van der Waals surface area contributed by atoms with Crippen LogP contribution in [-0.2, 0) is 17.8 Å². The van der Waals surface area contributed by atoms with Crippen molar-refractivity contribution in [1.29, 1.82) is 0 Å². The van der Waals surface area contributed by atoms with Crippen LogP contribution in [0.15, 0.2) is 48.9 Å². The number of aliphatic hydroxyl groups is 1. The Labute approximate surface area is 186 Å². The van der Waals surface area contributed by atoms with Crippen molar-refractivity contribution in [3.63, 3.8) is 0 Å². The van der Waals surface area contributed by atoms with Crippen molar-refractivity contribution in [3.05, 3.63) is 60.2 Å². The number of rotatable bonds is 8. The molecule has 0 atom stereocenters. The molecule has 1 aliphatic heterocycles. The average molecular weight is 434 g/mol. The predicted molar refractivity (Wildman–Crippen MR) is 122 cm³/mol. The van der Waals surface area contributed by atoms with Crippen LogP contribution in [0.25, 0.3) is 16.7 Å². The van der Waals surface area contributed by atoms with E-state index in [0.29, 0.717) is 31.5 Å². The number of likely N-dealkylation sites (tertiary alicyclic amines) is 1. The number of nitrogens with zero attached hydrogens (tertiary/aromatic N) is 6. The van der Waals surface area contributed by atoms with Crippen LogP contribution >= 0.6 is 0 Å². The minimum Gasteiger partial charge on any atom is -0.390 e. The summed E-state index contributed by atoms with van der Waals surface area (Å²) in [6.45, 7) is 5.71. The molecule has 9 heteroatoms. The lowest BCUT2D eigenvalue weighted by Crippen LogP contribution is -2.49. The summed E-state index contributed by atoms with van der Waals surface area (Å²) in [5, 5.41) is 18.6. The quantitative estimate of drug-likeness (QED) is 0.441. The van der Waals surface area contributed by atoms with Crippen molar-refractivity contribution < 1.29 is 9.84 Å². The van der Waals surface area contributed by atoms with Crippen LogP contribution in [-0.4, -0.2) is 67.2 Å². The molecule has 0 saturated carbocycles. The molecule has 0 amide bonds. The van der Waals surface area contributed by atoms with E-state index in [1.54, 1.807) is 18.0 Å². The van der Waals surface area contributed by atoms with E-state index in [4.69, 9.17) is 4.74 Å². The number of β-amino-alcohol motifs (C(OH)–C–C–N with tert-alkyl or cyclic N) is 1. The van der Waals surface area contributed by atoms with E-state index in [0.717, 1.165) is 40.9 Å². The fraction of sp³-hybridized carbons (Fsp3) is 0.348. The molecule has 32 heavy (non-hydrogen) atoms. The van der Waals surface area contributed by atoms with E-state index >= 15 is 0 Å². The van der Waals surface area contributed by atoms with E-state index in [-0.39, 0.29) is 6.10 Å². The number of benzene rings is 1. The number of aliphatic hydroxyl groups excluding tert-OH is 1. The van der Waals surface area contributed by atoms with Gasteiger partial charge in [-0.3, -0.25) is 4.90 Å². The average Bonchev–Trinajstić information content (AvgIpc) is 3.34. The molecule has 1 fully saturated rings. The first-order valence-corrected chi connectivity index (χ1v) is 10.7. The second kappa shape index (κ2) is 8.70. The fourth-order valence-corrected chi connectivity index (χ4v) is 4.01. The van der Waals surface area contributed by atoms with Gasteiger partial charge in [0.2, 0.25) is 5.95 Å². The molecule has 5 rings (SSSR count). The minimum atomic E-state index is -0.205. The lowest BCUT2D eigenvalue weighted by molar-refractivity contribution is -0.00297. The van der Waals surface area contributed by atoms with Crippen LogP contribution in [0.1, 0.15) is 11.3 Å². The molecule has 0 unspecified atom stereocenters. The monoisotopic (exact) mass is 433 g/mol. The minimum absolute atomic E-state index is 0.205. The molecular weight excluding hydrogens is 406 g/mol. The summed E-state index contributed by atoms with van der Waals surface area (Å²) in [4.78, 5) is 11.2. The number of aryl methyl sites for hydroxylation is 1. The van der Waals surface area contributed by atoms with E-state index in [2.05, 4.69) is 54.2 Å². The molecule has 0 aliphatic carbocycles. The first-order valence-electron chi connectivity index (χ1n) is 10.7. The van der Waals surface area contributed by atoms with Crippen LogP contribution in [0.3, 0.4) is 0 Å². The third kappa shape index (κ3) is 4.22. The van der Waals surface area contributed by atoms with E-state index < -0.39 is 0 Å². The summed E-state index contributed by atoms with van der Waals surface area (Å²) in [6.07, 6.45) is 5.60. The molecule has 9 nitrogen and oxygen atoms in total. The van der Waals surface area contributed by atoms with Crippen LogP contribution < -0.4 is 5.32 Å². The number of fused-ring (bicyclic) bond motifs is 1. The molecule has 0 bridgehead atoms. The zero-order valence-corrected chi connectivity index (χ0v) is 18.3. The maximum atomic E-state index is 9.50. The highest BCUT2D eigenvalue weighted by Crippen LogP contribution is 2.23. The number of nitrogens with one attached hydrogen (secondary N) is 1. The first kappa shape index (κ1) is 20.6. The number of ether oxygens (including phenoxy) is 1. The van der Waals surface area contributed by atoms with Gasteiger partial charge in [0, 0.05) is 80.1 Å². The Hall–Kier alpha value is -3.27. The largest absolute Gasteiger partial charge is 0.390 e.